The molecule has 40 heavy (non-hydrogen) atoms. The van der Waals surface area contributed by atoms with Crippen molar-refractivity contribution in [3.63, 3.8) is 0 Å². The second-order valence-corrected chi connectivity index (χ2v) is 10.3. The fourth-order valence-corrected chi connectivity index (χ4v) is 5.45. The van der Waals surface area contributed by atoms with E-state index < -0.39 is 6.10 Å². The van der Waals surface area contributed by atoms with Gasteiger partial charge in [0.05, 0.1) is 35.1 Å². The van der Waals surface area contributed by atoms with Gasteiger partial charge in [0.2, 0.25) is 0 Å². The fraction of sp³-hybridized carbons (Fsp3) is 0.194. The van der Waals surface area contributed by atoms with Gasteiger partial charge in [-0.1, -0.05) is 29.8 Å². The van der Waals surface area contributed by atoms with Crippen molar-refractivity contribution in [1.82, 2.24) is 9.88 Å². The van der Waals surface area contributed by atoms with Crippen molar-refractivity contribution in [3.8, 4) is 0 Å². The minimum Gasteiger partial charge on any atom is -0.386 e. The fourth-order valence-electron chi connectivity index (χ4n) is 5.25. The van der Waals surface area contributed by atoms with Crippen molar-refractivity contribution in [2.45, 2.75) is 25.4 Å². The van der Waals surface area contributed by atoms with Gasteiger partial charge in [0.1, 0.15) is 0 Å². The number of Topliss-reactive ketones (excluding diaryl/α,β-unsaturated/α-hetero) is 1. The first-order valence-electron chi connectivity index (χ1n) is 13.0. The van der Waals surface area contributed by atoms with Crippen LogP contribution in [0.15, 0.2) is 89.3 Å². The Morgan fingerprint density at radius 1 is 1.05 bits per heavy atom. The molecule has 2 aromatic carbocycles. The number of amides is 2. The van der Waals surface area contributed by atoms with Gasteiger partial charge in [-0.05, 0) is 65.6 Å². The molecule has 6 rings (SSSR count). The average Bonchev–Trinajstić information content (AvgIpc) is 3.47. The zero-order chi connectivity index (χ0) is 27.8. The molecule has 0 unspecified atom stereocenters. The quantitative estimate of drug-likeness (QED) is 0.344. The molecule has 0 spiro atoms. The van der Waals surface area contributed by atoms with Crippen LogP contribution < -0.4 is 5.32 Å². The van der Waals surface area contributed by atoms with Crippen molar-refractivity contribution in [2.24, 2.45) is 4.99 Å². The molecule has 1 aromatic heterocycles. The summed E-state index contributed by atoms with van der Waals surface area (Å²) >= 11 is 6.05. The first kappa shape index (κ1) is 25.9. The number of imide groups is 1. The predicted molar refractivity (Wildman–Crippen MR) is 152 cm³/mol. The molecule has 3 aromatic rings. The van der Waals surface area contributed by atoms with E-state index in [9.17, 15) is 19.5 Å². The summed E-state index contributed by atoms with van der Waals surface area (Å²) in [5.74, 6) is -0.726. The van der Waals surface area contributed by atoms with Crippen LogP contribution >= 0.6 is 11.6 Å². The number of aromatic nitrogens is 1. The molecule has 2 amide bonds. The average molecular weight is 553 g/mol. The molecule has 1 atom stereocenters. The topological polar surface area (TPSA) is 112 Å². The Balaban J connectivity index is 1.23. The Labute approximate surface area is 235 Å². The van der Waals surface area contributed by atoms with Crippen molar-refractivity contribution in [1.29, 1.82) is 0 Å². The summed E-state index contributed by atoms with van der Waals surface area (Å²) in [4.78, 5) is 49.2. The van der Waals surface area contributed by atoms with Gasteiger partial charge in [0, 0.05) is 48.2 Å². The zero-order valence-corrected chi connectivity index (χ0v) is 22.2. The summed E-state index contributed by atoms with van der Waals surface area (Å²) in [7, 11) is 0. The van der Waals surface area contributed by atoms with Gasteiger partial charge < -0.3 is 10.4 Å². The highest BCUT2D eigenvalue weighted by Crippen LogP contribution is 2.36. The second-order valence-electron chi connectivity index (χ2n) is 9.90. The highest BCUT2D eigenvalue weighted by Gasteiger charge is 2.37. The number of anilines is 1. The molecule has 2 aliphatic heterocycles. The number of aliphatic hydroxyl groups excluding tert-OH is 1. The number of carbonyl (C=O) groups is 3. The number of nitrogens with zero attached hydrogens (tertiary/aromatic N) is 3. The third kappa shape index (κ3) is 4.87. The molecule has 3 heterocycles. The minimum absolute atomic E-state index is 0.0592. The Hall–Kier alpha value is -4.40. The van der Waals surface area contributed by atoms with Crippen LogP contribution in [0.5, 0.6) is 0 Å². The molecular weight excluding hydrogens is 528 g/mol. The number of rotatable bonds is 6. The van der Waals surface area contributed by atoms with Gasteiger partial charge in [0.15, 0.2) is 5.78 Å². The molecule has 8 nitrogen and oxygen atoms in total. The number of nitrogens with one attached hydrogen (secondary N) is 1. The standard InChI is InChI=1S/C31H25ClN4O4/c32-21-4-1-3-19(13-21)28(38)17-34-24-5-2-6-27(37)29(24)26-15-20-14-22-23(16-25(20)35-26)31(40)36(30(22)39)12-9-18-7-10-33-11-8-18/h1-5,7-8,10-11,13-14,16,28,35,38H,6,9,12,15,17H2/t28-/m1/s1. The van der Waals surface area contributed by atoms with E-state index in [-0.39, 0.29) is 37.1 Å². The van der Waals surface area contributed by atoms with Gasteiger partial charge in [-0.3, -0.25) is 29.3 Å². The third-order valence-electron chi connectivity index (χ3n) is 7.30. The number of benzene rings is 2. The van der Waals surface area contributed by atoms with Gasteiger partial charge in [-0.2, -0.15) is 0 Å². The second kappa shape index (κ2) is 10.6. The van der Waals surface area contributed by atoms with Crippen LogP contribution in [0.1, 0.15) is 49.9 Å². The van der Waals surface area contributed by atoms with E-state index in [1.807, 2.05) is 12.1 Å². The number of fused-ring (bicyclic) bond motifs is 2. The van der Waals surface area contributed by atoms with Crippen LogP contribution in [0.25, 0.3) is 0 Å². The SMILES string of the molecule is O=C1CC=CC(=NC[C@@H](O)c2cccc(Cl)c2)C1=C1Cc2cc3c(cc2N1)C(=O)N(CCc1ccncc1)C3=O. The highest BCUT2D eigenvalue weighted by atomic mass is 35.5. The van der Waals surface area contributed by atoms with Gasteiger partial charge >= 0.3 is 0 Å². The maximum absolute atomic E-state index is 13.1. The van der Waals surface area contributed by atoms with Crippen LogP contribution in [0.2, 0.25) is 5.02 Å². The summed E-state index contributed by atoms with van der Waals surface area (Å²) in [5, 5.41) is 14.5. The Morgan fingerprint density at radius 3 is 2.60 bits per heavy atom. The maximum Gasteiger partial charge on any atom is 0.261 e. The lowest BCUT2D eigenvalue weighted by atomic mass is 9.93. The Bertz CT molecular complexity index is 1600. The summed E-state index contributed by atoms with van der Waals surface area (Å²) in [6, 6.07) is 14.1. The molecule has 0 saturated carbocycles. The summed E-state index contributed by atoms with van der Waals surface area (Å²) in [6.45, 7) is 0.342. The van der Waals surface area contributed by atoms with Crippen molar-refractivity contribution < 1.29 is 19.5 Å². The van der Waals surface area contributed by atoms with E-state index in [2.05, 4.69) is 15.3 Å². The van der Waals surface area contributed by atoms with E-state index in [4.69, 9.17) is 11.6 Å². The lowest BCUT2D eigenvalue weighted by Crippen LogP contribution is -2.31. The lowest BCUT2D eigenvalue weighted by molar-refractivity contribution is -0.114. The zero-order valence-electron chi connectivity index (χ0n) is 21.4. The molecule has 0 radical (unpaired) electrons. The first-order chi connectivity index (χ1) is 19.4. The molecule has 0 saturated heterocycles. The molecule has 2 N–H and O–H groups in total. The molecular formula is C31H25ClN4O4. The number of ketones is 1. The van der Waals surface area contributed by atoms with E-state index >= 15 is 0 Å². The van der Waals surface area contributed by atoms with Gasteiger partial charge in [-0.15, -0.1) is 0 Å². The Kier molecular flexibility index (Phi) is 6.88. The van der Waals surface area contributed by atoms with Gasteiger partial charge in [0.25, 0.3) is 11.8 Å². The van der Waals surface area contributed by atoms with Crippen LogP contribution in [0.4, 0.5) is 5.69 Å². The Morgan fingerprint density at radius 2 is 1.82 bits per heavy atom. The maximum atomic E-state index is 13.1. The number of pyridine rings is 1. The van der Waals surface area contributed by atoms with Crippen LogP contribution in [-0.2, 0) is 17.6 Å². The summed E-state index contributed by atoms with van der Waals surface area (Å²) in [6.07, 6.45) is 7.22. The first-order valence-corrected chi connectivity index (χ1v) is 13.4. The van der Waals surface area contributed by atoms with Crippen molar-refractivity contribution in [2.75, 3.05) is 18.4 Å². The monoisotopic (exact) mass is 552 g/mol. The number of carbonyl (C=O) groups excluding carboxylic acids is 3. The van der Waals surface area contributed by atoms with E-state index in [0.29, 0.717) is 57.2 Å². The molecule has 0 bridgehead atoms. The lowest BCUT2D eigenvalue weighted by Gasteiger charge is -2.16. The normalized spacial score (nSPS) is 19.7. The minimum atomic E-state index is -0.877. The summed E-state index contributed by atoms with van der Waals surface area (Å²) < 4.78 is 0. The number of aliphatic hydroxyl groups is 1. The van der Waals surface area contributed by atoms with Crippen molar-refractivity contribution in [3.05, 3.63) is 117 Å². The molecule has 200 valence electrons. The van der Waals surface area contributed by atoms with Gasteiger partial charge in [-0.25, -0.2) is 0 Å². The van der Waals surface area contributed by atoms with E-state index in [1.54, 1.807) is 60.9 Å². The smallest absolute Gasteiger partial charge is 0.261 e. The predicted octanol–water partition coefficient (Wildman–Crippen LogP) is 4.50. The third-order valence-corrected chi connectivity index (χ3v) is 7.54. The summed E-state index contributed by atoms with van der Waals surface area (Å²) in [5.41, 5.74) is 5.49. The van der Waals surface area contributed by atoms with E-state index in [0.717, 1.165) is 11.1 Å². The van der Waals surface area contributed by atoms with Crippen LogP contribution in [0.3, 0.4) is 0 Å². The number of allylic oxidation sites excluding steroid dienone is 4. The van der Waals surface area contributed by atoms with Crippen LogP contribution in [-0.4, -0.2) is 51.4 Å². The highest BCUT2D eigenvalue weighted by molar-refractivity contribution is 6.30. The largest absolute Gasteiger partial charge is 0.386 e. The number of hydrogen-bond donors (Lipinski definition) is 2. The van der Waals surface area contributed by atoms with Crippen LogP contribution in [0, 0.1) is 0 Å². The molecule has 1 aliphatic carbocycles. The number of hydrogen-bond acceptors (Lipinski definition) is 7. The molecule has 9 heteroatoms. The molecule has 0 fully saturated rings. The van der Waals surface area contributed by atoms with Crippen molar-refractivity contribution >= 4 is 40.6 Å². The van der Waals surface area contributed by atoms with E-state index in [1.165, 1.54) is 4.90 Å². The molecule has 3 aliphatic rings. The number of halogens is 1. The number of aliphatic imine (C=N–C) groups is 1.